The molecule has 166 valence electrons. The van der Waals surface area contributed by atoms with E-state index in [0.717, 1.165) is 19.3 Å². The Kier molecular flexibility index (Phi) is 8.85. The topological polar surface area (TPSA) is 82.0 Å². The third-order valence-corrected chi connectivity index (χ3v) is 4.72. The molecule has 0 fully saturated rings. The predicted molar refractivity (Wildman–Crippen MR) is 121 cm³/mol. The summed E-state index contributed by atoms with van der Waals surface area (Å²) < 4.78 is 45.8. The van der Waals surface area contributed by atoms with Crippen molar-refractivity contribution in [1.82, 2.24) is 5.32 Å². The van der Waals surface area contributed by atoms with E-state index in [1.54, 1.807) is 0 Å². The SMILES string of the molecule is [2H]C([2H])(CCCc1ccccc1)OCCCCCCNC([2H])([2H])C([2H])(O)c1ccc(O)c(CO)c1. The molecule has 4 N–H and O–H groups in total. The van der Waals surface area contributed by atoms with Crippen molar-refractivity contribution in [2.75, 3.05) is 26.2 Å². The van der Waals surface area contributed by atoms with E-state index in [1.807, 2.05) is 30.3 Å². The molecular weight excluding hydrogens is 378 g/mol. The minimum atomic E-state index is -2.62. The van der Waals surface area contributed by atoms with Crippen LogP contribution in [-0.4, -0.2) is 41.5 Å². The fourth-order valence-corrected chi connectivity index (χ4v) is 2.97. The maximum atomic E-state index is 10.5. The Balaban J connectivity index is 1.63. The summed E-state index contributed by atoms with van der Waals surface area (Å²) >= 11 is 0. The highest BCUT2D eigenvalue weighted by atomic mass is 16.5. The summed E-state index contributed by atoms with van der Waals surface area (Å²) in [7, 11) is 0. The molecule has 5 nitrogen and oxygen atoms in total. The Morgan fingerprint density at radius 2 is 1.80 bits per heavy atom. The molecule has 2 aromatic carbocycles. The number of benzene rings is 2. The molecule has 0 aromatic heterocycles. The normalized spacial score (nSPS) is 16.7. The molecule has 30 heavy (non-hydrogen) atoms. The molecule has 0 saturated carbocycles. The van der Waals surface area contributed by atoms with Crippen LogP contribution in [-0.2, 0) is 17.8 Å². The Hall–Kier alpha value is -1.92. The van der Waals surface area contributed by atoms with Gasteiger partial charge in [0.25, 0.3) is 0 Å². The van der Waals surface area contributed by atoms with E-state index in [0.29, 0.717) is 32.3 Å². The summed E-state index contributed by atoms with van der Waals surface area (Å²) in [5.74, 6) is -0.190. The Labute approximate surface area is 187 Å². The number of phenols is 1. The Morgan fingerprint density at radius 1 is 1.00 bits per heavy atom. The Morgan fingerprint density at radius 3 is 2.60 bits per heavy atom. The number of aromatic hydroxyl groups is 1. The van der Waals surface area contributed by atoms with E-state index in [9.17, 15) is 15.3 Å². The van der Waals surface area contributed by atoms with Crippen LogP contribution in [0.5, 0.6) is 5.75 Å². The lowest BCUT2D eigenvalue weighted by Crippen LogP contribution is -2.22. The molecule has 5 heteroatoms. The molecule has 1 atom stereocenters. The van der Waals surface area contributed by atoms with Gasteiger partial charge in [-0.3, -0.25) is 0 Å². The smallest absolute Gasteiger partial charge is 0.121 e. The van der Waals surface area contributed by atoms with Crippen molar-refractivity contribution >= 4 is 0 Å². The first-order valence-corrected chi connectivity index (χ1v) is 10.6. The maximum Gasteiger partial charge on any atom is 0.121 e. The minimum Gasteiger partial charge on any atom is -0.508 e. The second-order valence-corrected chi connectivity index (χ2v) is 7.15. The lowest BCUT2D eigenvalue weighted by molar-refractivity contribution is 0.126. The van der Waals surface area contributed by atoms with Crippen LogP contribution < -0.4 is 5.32 Å². The first-order valence-electron chi connectivity index (χ1n) is 13.1. The molecule has 2 rings (SSSR count). The van der Waals surface area contributed by atoms with Crippen molar-refractivity contribution in [2.24, 2.45) is 0 Å². The second kappa shape index (κ2) is 15.0. The highest BCUT2D eigenvalue weighted by molar-refractivity contribution is 5.36. The van der Waals surface area contributed by atoms with Gasteiger partial charge in [-0.05, 0) is 61.9 Å². The number of aryl methyl sites for hydroxylation is 1. The van der Waals surface area contributed by atoms with Gasteiger partial charge in [0.2, 0.25) is 0 Å². The number of unbranched alkanes of at least 4 members (excludes halogenated alkanes) is 3. The first kappa shape index (κ1) is 17.7. The van der Waals surface area contributed by atoms with Crippen LogP contribution in [0.4, 0.5) is 0 Å². The van der Waals surface area contributed by atoms with E-state index < -0.39 is 25.7 Å². The van der Waals surface area contributed by atoms with E-state index in [4.69, 9.17) is 11.6 Å². The highest BCUT2D eigenvalue weighted by Gasteiger charge is 2.09. The van der Waals surface area contributed by atoms with Crippen molar-refractivity contribution in [3.8, 4) is 5.75 Å². The van der Waals surface area contributed by atoms with Gasteiger partial charge in [0, 0.05) is 28.0 Å². The van der Waals surface area contributed by atoms with Crippen molar-refractivity contribution in [2.45, 2.75) is 57.6 Å². The van der Waals surface area contributed by atoms with Crippen molar-refractivity contribution < 1.29 is 26.9 Å². The minimum absolute atomic E-state index is 0.0768. The van der Waals surface area contributed by atoms with E-state index in [2.05, 4.69) is 5.32 Å². The molecule has 0 saturated heterocycles. The number of rotatable bonds is 16. The van der Waals surface area contributed by atoms with E-state index >= 15 is 0 Å². The van der Waals surface area contributed by atoms with Crippen molar-refractivity contribution in [3.63, 3.8) is 0 Å². The molecule has 0 aliphatic heterocycles. The fourth-order valence-electron chi connectivity index (χ4n) is 2.97. The average Bonchev–Trinajstić information content (AvgIpc) is 2.81. The van der Waals surface area contributed by atoms with Crippen LogP contribution in [0, 0.1) is 0 Å². The van der Waals surface area contributed by atoms with Gasteiger partial charge in [-0.2, -0.15) is 0 Å². The predicted octanol–water partition coefficient (Wildman–Crippen LogP) is 4.11. The van der Waals surface area contributed by atoms with Gasteiger partial charge in [0.15, 0.2) is 0 Å². The summed E-state index contributed by atoms with van der Waals surface area (Å²) in [4.78, 5) is 0. The molecule has 0 heterocycles. The molecule has 0 radical (unpaired) electrons. The van der Waals surface area contributed by atoms with Gasteiger partial charge in [-0.25, -0.2) is 0 Å². The first-order chi connectivity index (χ1) is 16.5. The second-order valence-electron chi connectivity index (χ2n) is 7.15. The number of nitrogens with one attached hydrogen (secondary N) is 1. The Bertz CT molecular complexity index is 897. The number of aliphatic hydroxyl groups is 2. The summed E-state index contributed by atoms with van der Waals surface area (Å²) in [6, 6.07) is 13.6. The third kappa shape index (κ3) is 9.72. The van der Waals surface area contributed by atoms with Gasteiger partial charge < -0.3 is 25.4 Å². The van der Waals surface area contributed by atoms with E-state index in [1.165, 1.54) is 23.8 Å². The van der Waals surface area contributed by atoms with Crippen LogP contribution >= 0.6 is 0 Å². The quantitative estimate of drug-likeness (QED) is 0.307. The summed E-state index contributed by atoms with van der Waals surface area (Å²) in [5, 5.41) is 32.0. The van der Waals surface area contributed by atoms with Gasteiger partial charge in [-0.1, -0.05) is 49.2 Å². The van der Waals surface area contributed by atoms with Crippen LogP contribution in [0.2, 0.25) is 0 Å². The number of ether oxygens (including phenoxy) is 1. The van der Waals surface area contributed by atoms with Crippen LogP contribution in [0.1, 0.15) is 68.1 Å². The van der Waals surface area contributed by atoms with Crippen molar-refractivity contribution in [1.29, 1.82) is 0 Å². The van der Waals surface area contributed by atoms with E-state index in [-0.39, 0.29) is 23.4 Å². The fraction of sp³-hybridized carbons (Fsp3) is 0.520. The summed E-state index contributed by atoms with van der Waals surface area (Å²) in [6.45, 7) is -4.07. The van der Waals surface area contributed by atoms with Crippen LogP contribution in [0.15, 0.2) is 48.5 Å². The monoisotopic (exact) mass is 420 g/mol. The molecule has 0 amide bonds. The molecule has 0 spiro atoms. The average molecular weight is 421 g/mol. The highest BCUT2D eigenvalue weighted by Crippen LogP contribution is 2.22. The van der Waals surface area contributed by atoms with Crippen LogP contribution in [0.25, 0.3) is 0 Å². The number of hydrogen-bond acceptors (Lipinski definition) is 5. The standard InChI is InChI=1S/C25H37NO4/c27-20-23-18-22(13-14-24(23)28)25(29)19-26-15-7-1-2-8-16-30-17-9-6-12-21-10-4-3-5-11-21/h3-5,10-11,13-14,18,25-29H,1-2,6-9,12,15-17,19-20H2/i17D2,19D2,25D. The van der Waals surface area contributed by atoms with Crippen molar-refractivity contribution in [3.05, 3.63) is 65.2 Å². The number of hydrogen-bond donors (Lipinski definition) is 4. The molecule has 2 aromatic rings. The lowest BCUT2D eigenvalue weighted by Gasteiger charge is -2.14. The third-order valence-electron chi connectivity index (χ3n) is 4.72. The summed E-state index contributed by atoms with van der Waals surface area (Å²) in [5.41, 5.74) is 1.21. The lowest BCUT2D eigenvalue weighted by atomic mass is 10.1. The zero-order chi connectivity index (χ0) is 26.0. The van der Waals surface area contributed by atoms with Gasteiger partial charge in [-0.15, -0.1) is 0 Å². The van der Waals surface area contributed by atoms with Gasteiger partial charge in [0.1, 0.15) is 5.75 Å². The molecule has 0 bridgehead atoms. The molecule has 0 aliphatic rings. The largest absolute Gasteiger partial charge is 0.508 e. The number of aliphatic hydroxyl groups excluding tert-OH is 1. The molecule has 0 aliphatic carbocycles. The zero-order valence-electron chi connectivity index (χ0n) is 22.4. The van der Waals surface area contributed by atoms with Gasteiger partial charge >= 0.3 is 0 Å². The van der Waals surface area contributed by atoms with Gasteiger partial charge in [0.05, 0.1) is 16.8 Å². The zero-order valence-corrected chi connectivity index (χ0v) is 17.4. The van der Waals surface area contributed by atoms with Crippen LogP contribution in [0.3, 0.4) is 0 Å². The molecular formula is C25H37NO4. The summed E-state index contributed by atoms with van der Waals surface area (Å²) in [6.07, 6.45) is 2.07. The maximum absolute atomic E-state index is 10.5. The molecule has 1 unspecified atom stereocenters.